The molecule has 0 amide bonds. The molecule has 0 fully saturated rings. The maximum Gasteiger partial charge on any atom is 0.0431 e. The van der Waals surface area contributed by atoms with Gasteiger partial charge >= 0.3 is 0 Å². The summed E-state index contributed by atoms with van der Waals surface area (Å²) in [5, 5.41) is 8.55. The van der Waals surface area contributed by atoms with Crippen molar-refractivity contribution in [3.8, 4) is 23.7 Å². The summed E-state index contributed by atoms with van der Waals surface area (Å²) in [7, 11) is 0. The third-order valence-electron chi connectivity index (χ3n) is 4.46. The number of hydrogen-bond donors (Lipinski definition) is 1. The largest absolute Gasteiger partial charge is 0.396 e. The molecule has 0 aliphatic rings. The highest BCUT2D eigenvalue weighted by Crippen LogP contribution is 2.03. The molecule has 0 saturated carbocycles. The second-order valence-corrected chi connectivity index (χ2v) is 8.44. The van der Waals surface area contributed by atoms with E-state index in [2.05, 4.69) is 60.1 Å². The van der Waals surface area contributed by atoms with Crippen molar-refractivity contribution in [2.45, 2.75) is 129 Å². The van der Waals surface area contributed by atoms with E-state index in [1.807, 2.05) is 0 Å². The zero-order valence-electron chi connectivity index (χ0n) is 19.0. The second-order valence-electron chi connectivity index (χ2n) is 7.36. The minimum absolute atomic E-state index is 0.324. The van der Waals surface area contributed by atoms with E-state index in [1.54, 1.807) is 0 Å². The van der Waals surface area contributed by atoms with Crippen LogP contribution >= 0.6 is 22.6 Å². The van der Waals surface area contributed by atoms with Crippen LogP contribution in [0.3, 0.4) is 0 Å². The Kier molecular flexibility index (Phi) is 33.8. The van der Waals surface area contributed by atoms with Crippen LogP contribution in [0.5, 0.6) is 0 Å². The van der Waals surface area contributed by atoms with E-state index in [-0.39, 0.29) is 0 Å². The number of unbranched alkanes of at least 4 members (excludes halogenated alkanes) is 14. The van der Waals surface area contributed by atoms with Crippen LogP contribution in [-0.4, -0.2) is 16.1 Å². The highest BCUT2D eigenvalue weighted by Gasteiger charge is 1.87. The maximum atomic E-state index is 8.55. The molecule has 0 aromatic carbocycles. The third-order valence-corrected chi connectivity index (χ3v) is 5.22. The zero-order chi connectivity index (χ0) is 21.0. The van der Waals surface area contributed by atoms with Gasteiger partial charge in [0.25, 0.3) is 0 Å². The zero-order valence-corrected chi connectivity index (χ0v) is 21.1. The fraction of sp³-hybridized carbons (Fsp3) is 0.846. The molecule has 0 heterocycles. The van der Waals surface area contributed by atoms with Gasteiger partial charge in [-0.1, -0.05) is 87.8 Å². The van der Waals surface area contributed by atoms with Crippen LogP contribution in [0.4, 0.5) is 0 Å². The lowest BCUT2D eigenvalue weighted by Gasteiger charge is -1.93. The van der Waals surface area contributed by atoms with E-state index in [0.29, 0.717) is 6.61 Å². The van der Waals surface area contributed by atoms with Crippen LogP contribution in [0.1, 0.15) is 129 Å². The first-order chi connectivity index (χ1) is 13.8. The number of aliphatic hydroxyl groups excluding tert-OH is 1. The molecular weight excluding hydrogens is 455 g/mol. The summed E-state index contributed by atoms with van der Waals surface area (Å²) in [6.07, 6.45) is 22.1. The fourth-order valence-corrected chi connectivity index (χ4v) is 3.16. The van der Waals surface area contributed by atoms with Crippen molar-refractivity contribution in [3.05, 3.63) is 0 Å². The summed E-state index contributed by atoms with van der Waals surface area (Å²) >= 11 is 2.44. The molecule has 1 nitrogen and oxygen atoms in total. The van der Waals surface area contributed by atoms with Crippen LogP contribution in [-0.2, 0) is 0 Å². The van der Waals surface area contributed by atoms with Crippen LogP contribution in [0, 0.1) is 23.7 Å². The van der Waals surface area contributed by atoms with E-state index >= 15 is 0 Å². The summed E-state index contributed by atoms with van der Waals surface area (Å²) in [4.78, 5) is 0. The molecule has 0 spiro atoms. The Morgan fingerprint density at radius 3 is 1.18 bits per heavy atom. The topological polar surface area (TPSA) is 20.2 Å². The van der Waals surface area contributed by atoms with Crippen molar-refractivity contribution in [2.75, 3.05) is 11.0 Å². The number of aliphatic hydroxyl groups is 1. The first-order valence-electron chi connectivity index (χ1n) is 11.9. The summed E-state index contributed by atoms with van der Waals surface area (Å²) in [5.74, 6) is 12.9. The molecule has 0 unspecified atom stereocenters. The SMILES string of the molecule is CCCCCCC#CCCCCCI.CCCCCCC#CCCCCCO. The van der Waals surface area contributed by atoms with Crippen LogP contribution < -0.4 is 0 Å². The van der Waals surface area contributed by atoms with Gasteiger partial charge in [-0.05, 0) is 43.0 Å². The van der Waals surface area contributed by atoms with Crippen molar-refractivity contribution < 1.29 is 5.11 Å². The second kappa shape index (κ2) is 31.5. The molecule has 0 rings (SSSR count). The highest BCUT2D eigenvalue weighted by molar-refractivity contribution is 14.1. The van der Waals surface area contributed by atoms with E-state index in [4.69, 9.17) is 5.11 Å². The molecule has 0 aliphatic heterocycles. The molecule has 0 aliphatic carbocycles. The Bertz CT molecular complexity index is 313. The number of hydrogen-bond acceptors (Lipinski definition) is 1. The summed E-state index contributed by atoms with van der Waals surface area (Å²) in [6, 6.07) is 0. The Morgan fingerprint density at radius 2 is 0.857 bits per heavy atom. The van der Waals surface area contributed by atoms with Gasteiger partial charge in [-0.2, -0.15) is 0 Å². The van der Waals surface area contributed by atoms with Crippen molar-refractivity contribution in [1.29, 1.82) is 0 Å². The number of alkyl halides is 1. The van der Waals surface area contributed by atoms with Gasteiger partial charge in [0.15, 0.2) is 0 Å². The molecule has 0 atom stereocenters. The van der Waals surface area contributed by atoms with Gasteiger partial charge in [-0.25, -0.2) is 0 Å². The lowest BCUT2D eigenvalue weighted by Crippen LogP contribution is -1.81. The quantitative estimate of drug-likeness (QED) is 0.0971. The van der Waals surface area contributed by atoms with Crippen LogP contribution in [0.15, 0.2) is 0 Å². The predicted octanol–water partition coefficient (Wildman–Crippen LogP) is 8.47. The van der Waals surface area contributed by atoms with E-state index in [9.17, 15) is 0 Å². The van der Waals surface area contributed by atoms with Crippen LogP contribution in [0.2, 0.25) is 0 Å². The van der Waals surface area contributed by atoms with Gasteiger partial charge in [0.2, 0.25) is 0 Å². The first-order valence-corrected chi connectivity index (χ1v) is 13.4. The minimum atomic E-state index is 0.324. The van der Waals surface area contributed by atoms with Gasteiger partial charge < -0.3 is 5.11 Å². The summed E-state index contributed by atoms with van der Waals surface area (Å²) in [6.45, 7) is 4.80. The highest BCUT2D eigenvalue weighted by atomic mass is 127. The van der Waals surface area contributed by atoms with Gasteiger partial charge in [0.1, 0.15) is 0 Å². The predicted molar refractivity (Wildman–Crippen MR) is 136 cm³/mol. The van der Waals surface area contributed by atoms with Gasteiger partial charge in [0, 0.05) is 32.3 Å². The monoisotopic (exact) mass is 502 g/mol. The van der Waals surface area contributed by atoms with Gasteiger partial charge in [0.05, 0.1) is 0 Å². The van der Waals surface area contributed by atoms with Crippen molar-refractivity contribution >= 4 is 22.6 Å². The van der Waals surface area contributed by atoms with Crippen molar-refractivity contribution in [1.82, 2.24) is 0 Å². The molecule has 0 aromatic heterocycles. The average molecular weight is 503 g/mol. The number of rotatable bonds is 16. The smallest absolute Gasteiger partial charge is 0.0431 e. The molecule has 2 heteroatoms. The lowest BCUT2D eigenvalue weighted by atomic mass is 10.1. The molecular formula is C26H47IO. The molecule has 164 valence electrons. The normalized spacial score (nSPS) is 9.57. The van der Waals surface area contributed by atoms with Gasteiger partial charge in [-0.15, -0.1) is 23.7 Å². The Morgan fingerprint density at radius 1 is 0.500 bits per heavy atom. The molecule has 0 aromatic rings. The number of halogens is 1. The van der Waals surface area contributed by atoms with Gasteiger partial charge in [-0.3, -0.25) is 0 Å². The molecule has 0 bridgehead atoms. The average Bonchev–Trinajstić information content (AvgIpc) is 2.71. The van der Waals surface area contributed by atoms with E-state index in [0.717, 1.165) is 44.9 Å². The van der Waals surface area contributed by atoms with E-state index < -0.39 is 0 Å². The molecule has 28 heavy (non-hydrogen) atoms. The van der Waals surface area contributed by atoms with E-state index in [1.165, 1.54) is 75.1 Å². The summed E-state index contributed by atoms with van der Waals surface area (Å²) in [5.41, 5.74) is 0. The van der Waals surface area contributed by atoms with Crippen LogP contribution in [0.25, 0.3) is 0 Å². The molecule has 1 N–H and O–H groups in total. The molecule has 0 saturated heterocycles. The standard InChI is InChI=1S/C13H23I.C13H24O/c2*1-2-3-4-5-6-7-8-9-10-11-12-13-14/h2-6,9-13H2,1H3;14H,2-6,9-13H2,1H3. The minimum Gasteiger partial charge on any atom is -0.396 e. The Balaban J connectivity index is 0. The third kappa shape index (κ3) is 33.4. The van der Waals surface area contributed by atoms with Crippen molar-refractivity contribution in [2.24, 2.45) is 0 Å². The molecule has 0 radical (unpaired) electrons. The first kappa shape index (κ1) is 30.0. The maximum absolute atomic E-state index is 8.55. The fourth-order valence-electron chi connectivity index (χ4n) is 2.62. The Labute approximate surface area is 191 Å². The summed E-state index contributed by atoms with van der Waals surface area (Å²) < 4.78 is 1.29. The lowest BCUT2D eigenvalue weighted by molar-refractivity contribution is 0.283. The van der Waals surface area contributed by atoms with Crippen molar-refractivity contribution in [3.63, 3.8) is 0 Å². The Hall–Kier alpha value is -0.190.